The lowest BCUT2D eigenvalue weighted by atomic mass is 9.83. The van der Waals surface area contributed by atoms with Crippen LogP contribution in [0.15, 0.2) is 58.9 Å². The summed E-state index contributed by atoms with van der Waals surface area (Å²) >= 11 is 6.03. The number of nitriles is 1. The maximum Gasteiger partial charge on any atom is 0.236 e. The Balaban J connectivity index is 2.13. The molecule has 1 unspecified atom stereocenters. The highest BCUT2D eigenvalue weighted by molar-refractivity contribution is 6.30. The average molecular weight is 383 g/mol. The van der Waals surface area contributed by atoms with Gasteiger partial charge in [-0.05, 0) is 37.6 Å². The van der Waals surface area contributed by atoms with Gasteiger partial charge in [0, 0.05) is 16.7 Å². The fourth-order valence-electron chi connectivity index (χ4n) is 2.91. The lowest BCUT2D eigenvalue weighted by Crippen LogP contribution is -2.16. The molecule has 5 nitrogen and oxygen atoms in total. The summed E-state index contributed by atoms with van der Waals surface area (Å²) in [5.74, 6) is 1.19. The van der Waals surface area contributed by atoms with Gasteiger partial charge < -0.3 is 14.2 Å². The highest BCUT2D eigenvalue weighted by atomic mass is 35.5. The predicted molar refractivity (Wildman–Crippen MR) is 104 cm³/mol. The molecule has 0 aromatic heterocycles. The molecule has 1 aliphatic heterocycles. The number of aliphatic imine (C=N–C) groups is 1. The van der Waals surface area contributed by atoms with Crippen molar-refractivity contribution in [2.75, 3.05) is 13.2 Å². The summed E-state index contributed by atoms with van der Waals surface area (Å²) in [4.78, 5) is 4.21. The number of rotatable bonds is 6. The molecule has 3 rings (SSSR count). The third kappa shape index (κ3) is 4.07. The van der Waals surface area contributed by atoms with Crippen LogP contribution in [0, 0.1) is 11.3 Å². The van der Waals surface area contributed by atoms with Gasteiger partial charge in [0.15, 0.2) is 6.40 Å². The summed E-state index contributed by atoms with van der Waals surface area (Å²) in [6.07, 6.45) is 1.29. The first kappa shape index (κ1) is 18.8. The zero-order valence-corrected chi connectivity index (χ0v) is 15.9. The first-order valence-corrected chi connectivity index (χ1v) is 9.04. The first-order chi connectivity index (χ1) is 13.2. The van der Waals surface area contributed by atoms with Crippen molar-refractivity contribution in [1.29, 1.82) is 5.26 Å². The van der Waals surface area contributed by atoms with Gasteiger partial charge >= 0.3 is 0 Å². The number of nitrogens with zero attached hydrogens (tertiary/aromatic N) is 2. The molecule has 138 valence electrons. The highest BCUT2D eigenvalue weighted by Crippen LogP contribution is 2.44. The minimum Gasteiger partial charge on any atom is -0.494 e. The van der Waals surface area contributed by atoms with Crippen LogP contribution >= 0.6 is 11.6 Å². The molecule has 0 saturated carbocycles. The van der Waals surface area contributed by atoms with E-state index < -0.39 is 0 Å². The van der Waals surface area contributed by atoms with E-state index >= 15 is 0 Å². The molecule has 0 N–H and O–H groups in total. The van der Waals surface area contributed by atoms with Crippen LogP contribution in [0.5, 0.6) is 11.5 Å². The second-order valence-corrected chi connectivity index (χ2v) is 6.18. The minimum atomic E-state index is -0.319. The van der Waals surface area contributed by atoms with Gasteiger partial charge in [-0.2, -0.15) is 10.3 Å². The van der Waals surface area contributed by atoms with E-state index in [4.69, 9.17) is 25.8 Å². The second-order valence-electron chi connectivity index (χ2n) is 5.74. The topological polar surface area (TPSA) is 63.8 Å². The van der Waals surface area contributed by atoms with E-state index in [0.29, 0.717) is 35.3 Å². The monoisotopic (exact) mass is 382 g/mol. The summed E-state index contributed by atoms with van der Waals surface area (Å²) in [6.45, 7) is 4.80. The molecule has 1 heterocycles. The normalized spacial score (nSPS) is 15.9. The van der Waals surface area contributed by atoms with Gasteiger partial charge in [-0.15, -0.1) is 0 Å². The van der Waals surface area contributed by atoms with Crippen molar-refractivity contribution in [3.63, 3.8) is 0 Å². The fourth-order valence-corrected chi connectivity index (χ4v) is 3.03. The Kier molecular flexibility index (Phi) is 6.00. The number of halogens is 1. The number of ether oxygens (including phenoxy) is 3. The van der Waals surface area contributed by atoms with Crippen molar-refractivity contribution in [2.24, 2.45) is 4.99 Å². The molecular weight excluding hydrogens is 364 g/mol. The molecule has 2 aromatic carbocycles. The molecule has 6 heteroatoms. The fraction of sp³-hybridized carbons (Fsp3) is 0.238. The van der Waals surface area contributed by atoms with Crippen LogP contribution in [-0.4, -0.2) is 19.6 Å². The van der Waals surface area contributed by atoms with Gasteiger partial charge in [0.25, 0.3) is 0 Å². The summed E-state index contributed by atoms with van der Waals surface area (Å²) in [6, 6.07) is 15.3. The summed E-state index contributed by atoms with van der Waals surface area (Å²) in [5, 5.41) is 10.4. The van der Waals surface area contributed by atoms with Crippen LogP contribution < -0.4 is 9.47 Å². The van der Waals surface area contributed by atoms with Gasteiger partial charge in [-0.1, -0.05) is 29.8 Å². The van der Waals surface area contributed by atoms with Crippen molar-refractivity contribution in [1.82, 2.24) is 0 Å². The SMILES string of the molecule is CCO/C=N/C1=C(C#N)C(c2ccc(Cl)cc2)c2ccc(OCC)cc2O1. The standard InChI is InChI=1S/C21H19ClN2O3/c1-3-25-13-24-21-18(12-23)20(14-5-7-15(22)8-6-14)17-10-9-16(26-4-2)11-19(17)27-21/h5-11,13,20H,3-4H2,1-2H3/b24-13+. The molecule has 0 bridgehead atoms. The maximum atomic E-state index is 9.82. The molecule has 0 amide bonds. The quantitative estimate of drug-likeness (QED) is 0.517. The van der Waals surface area contributed by atoms with Crippen molar-refractivity contribution in [3.8, 4) is 17.6 Å². The number of hydrogen-bond donors (Lipinski definition) is 0. The van der Waals surface area contributed by atoms with E-state index in [1.807, 2.05) is 44.2 Å². The van der Waals surface area contributed by atoms with E-state index in [0.717, 1.165) is 11.1 Å². The smallest absolute Gasteiger partial charge is 0.236 e. The van der Waals surface area contributed by atoms with Gasteiger partial charge in [-0.25, -0.2) is 0 Å². The van der Waals surface area contributed by atoms with Gasteiger partial charge in [0.05, 0.1) is 19.1 Å². The van der Waals surface area contributed by atoms with Crippen molar-refractivity contribution in [2.45, 2.75) is 19.8 Å². The molecule has 0 fully saturated rings. The third-order valence-electron chi connectivity index (χ3n) is 4.07. The van der Waals surface area contributed by atoms with Crippen LogP contribution in [0.2, 0.25) is 5.02 Å². The molecular formula is C21H19ClN2O3. The third-order valence-corrected chi connectivity index (χ3v) is 4.32. The second kappa shape index (κ2) is 8.61. The zero-order chi connectivity index (χ0) is 19.2. The first-order valence-electron chi connectivity index (χ1n) is 8.66. The molecule has 0 spiro atoms. The zero-order valence-electron chi connectivity index (χ0n) is 15.1. The molecule has 0 saturated heterocycles. The summed E-state index contributed by atoms with van der Waals surface area (Å²) in [7, 11) is 0. The molecule has 2 aromatic rings. The molecule has 0 aliphatic carbocycles. The lowest BCUT2D eigenvalue weighted by Gasteiger charge is -2.26. The summed E-state index contributed by atoms with van der Waals surface area (Å²) < 4.78 is 16.7. The van der Waals surface area contributed by atoms with Crippen LogP contribution in [0.1, 0.15) is 30.9 Å². The molecule has 27 heavy (non-hydrogen) atoms. The van der Waals surface area contributed by atoms with Gasteiger partial charge in [0.1, 0.15) is 23.1 Å². The van der Waals surface area contributed by atoms with Gasteiger partial charge in [0.2, 0.25) is 5.88 Å². The summed E-state index contributed by atoms with van der Waals surface area (Å²) in [5.41, 5.74) is 2.20. The Bertz CT molecular complexity index is 914. The van der Waals surface area contributed by atoms with Crippen LogP contribution in [0.4, 0.5) is 0 Å². The number of hydrogen-bond acceptors (Lipinski definition) is 5. The van der Waals surface area contributed by atoms with Crippen LogP contribution in [0.3, 0.4) is 0 Å². The predicted octanol–water partition coefficient (Wildman–Crippen LogP) is 5.06. The van der Waals surface area contributed by atoms with E-state index in [2.05, 4.69) is 11.1 Å². The van der Waals surface area contributed by atoms with Crippen molar-refractivity contribution >= 4 is 18.0 Å². The Morgan fingerprint density at radius 3 is 2.63 bits per heavy atom. The van der Waals surface area contributed by atoms with Crippen molar-refractivity contribution in [3.05, 3.63) is 70.1 Å². The lowest BCUT2D eigenvalue weighted by molar-refractivity contribution is 0.329. The number of benzene rings is 2. The number of allylic oxidation sites excluding steroid dienone is 1. The van der Waals surface area contributed by atoms with E-state index in [1.54, 1.807) is 12.1 Å². The molecule has 0 radical (unpaired) electrons. The Morgan fingerprint density at radius 2 is 1.96 bits per heavy atom. The minimum absolute atomic E-state index is 0.215. The average Bonchev–Trinajstić information content (AvgIpc) is 2.68. The molecule has 1 aliphatic rings. The maximum absolute atomic E-state index is 9.82. The van der Waals surface area contributed by atoms with Crippen LogP contribution in [0.25, 0.3) is 0 Å². The van der Waals surface area contributed by atoms with E-state index in [-0.39, 0.29) is 11.8 Å². The van der Waals surface area contributed by atoms with E-state index in [9.17, 15) is 5.26 Å². The number of fused-ring (bicyclic) bond motifs is 1. The van der Waals surface area contributed by atoms with Gasteiger partial charge in [-0.3, -0.25) is 0 Å². The Labute approximate surface area is 163 Å². The Morgan fingerprint density at radius 1 is 1.19 bits per heavy atom. The molecule has 1 atom stereocenters. The van der Waals surface area contributed by atoms with Crippen LogP contribution in [-0.2, 0) is 4.74 Å². The largest absolute Gasteiger partial charge is 0.494 e. The highest BCUT2D eigenvalue weighted by Gasteiger charge is 2.31. The van der Waals surface area contributed by atoms with Crippen molar-refractivity contribution < 1.29 is 14.2 Å². The van der Waals surface area contributed by atoms with E-state index in [1.165, 1.54) is 6.40 Å². The Hall–Kier alpha value is -2.97.